The van der Waals surface area contributed by atoms with E-state index in [9.17, 15) is 0 Å². The van der Waals surface area contributed by atoms with Gasteiger partial charge in [0.25, 0.3) is 0 Å². The SMILES string of the molecule is CCCCCCc1ccc(-c2cc(C(C)(C)C)sc2-c2sc(C(C)(C)C)cc2-c2ccc(CCCCCC)s2)s1. The van der Waals surface area contributed by atoms with Gasteiger partial charge in [-0.25, -0.2) is 0 Å². The predicted octanol–water partition coefficient (Wildman–Crippen LogP) is 13.8. The van der Waals surface area contributed by atoms with Crippen molar-refractivity contribution in [3.63, 3.8) is 0 Å². The summed E-state index contributed by atoms with van der Waals surface area (Å²) < 4.78 is 0. The summed E-state index contributed by atoms with van der Waals surface area (Å²) in [7, 11) is 0. The molecular weight excluding hydrogens is 561 g/mol. The molecule has 4 aromatic heterocycles. The summed E-state index contributed by atoms with van der Waals surface area (Å²) in [6.45, 7) is 18.8. The molecule has 0 fully saturated rings. The number of aryl methyl sites for hydroxylation is 2. The Morgan fingerprint density at radius 1 is 0.500 bits per heavy atom. The zero-order chi connectivity index (χ0) is 28.9. The first-order chi connectivity index (χ1) is 19.0. The van der Waals surface area contributed by atoms with Crippen LogP contribution in [0.15, 0.2) is 36.4 Å². The largest absolute Gasteiger partial charge is 0.140 e. The second-order valence-corrected chi connectivity index (χ2v) is 17.8. The molecule has 0 aliphatic rings. The van der Waals surface area contributed by atoms with Gasteiger partial charge < -0.3 is 0 Å². The number of hydrogen-bond donors (Lipinski definition) is 0. The summed E-state index contributed by atoms with van der Waals surface area (Å²) in [5, 5.41) is 0. The van der Waals surface area contributed by atoms with Gasteiger partial charge in [0.05, 0.1) is 9.75 Å². The van der Waals surface area contributed by atoms with Crippen LogP contribution in [0.3, 0.4) is 0 Å². The van der Waals surface area contributed by atoms with E-state index in [1.54, 1.807) is 0 Å². The van der Waals surface area contributed by atoms with Gasteiger partial charge in [0.2, 0.25) is 0 Å². The molecule has 0 aliphatic heterocycles. The van der Waals surface area contributed by atoms with E-state index in [4.69, 9.17) is 0 Å². The van der Waals surface area contributed by atoms with Crippen LogP contribution in [0.2, 0.25) is 0 Å². The van der Waals surface area contributed by atoms with Gasteiger partial charge in [-0.3, -0.25) is 0 Å². The fourth-order valence-corrected chi connectivity index (χ4v) is 9.88. The molecule has 40 heavy (non-hydrogen) atoms. The third kappa shape index (κ3) is 8.00. The quantitative estimate of drug-likeness (QED) is 0.132. The van der Waals surface area contributed by atoms with Gasteiger partial charge in [0.15, 0.2) is 0 Å². The highest BCUT2D eigenvalue weighted by Gasteiger charge is 2.27. The molecule has 0 atom stereocenters. The van der Waals surface area contributed by atoms with Gasteiger partial charge in [-0.2, -0.15) is 0 Å². The molecule has 0 N–H and O–H groups in total. The molecule has 0 saturated carbocycles. The van der Waals surface area contributed by atoms with Gasteiger partial charge >= 0.3 is 0 Å². The minimum atomic E-state index is 0.136. The van der Waals surface area contributed by atoms with E-state index in [1.165, 1.54) is 114 Å². The Bertz CT molecular complexity index is 1240. The Labute approximate surface area is 260 Å². The van der Waals surface area contributed by atoms with Crippen LogP contribution < -0.4 is 0 Å². The highest BCUT2D eigenvalue weighted by Crippen LogP contribution is 2.52. The molecule has 0 unspecified atom stereocenters. The van der Waals surface area contributed by atoms with Crippen molar-refractivity contribution in [2.45, 2.75) is 130 Å². The topological polar surface area (TPSA) is 0 Å². The van der Waals surface area contributed by atoms with E-state index in [2.05, 4.69) is 91.8 Å². The van der Waals surface area contributed by atoms with E-state index < -0.39 is 0 Å². The summed E-state index contributed by atoms with van der Waals surface area (Å²) in [6, 6.07) is 14.6. The molecule has 0 aromatic carbocycles. The minimum absolute atomic E-state index is 0.136. The van der Waals surface area contributed by atoms with Gasteiger partial charge in [-0.15, -0.1) is 45.3 Å². The van der Waals surface area contributed by atoms with E-state index in [0.717, 1.165) is 0 Å². The van der Waals surface area contributed by atoms with Gasteiger partial charge in [0.1, 0.15) is 0 Å². The van der Waals surface area contributed by atoms with E-state index in [0.29, 0.717) is 0 Å². The first kappa shape index (κ1) is 31.7. The van der Waals surface area contributed by atoms with Gasteiger partial charge in [-0.1, -0.05) is 93.9 Å². The zero-order valence-corrected chi connectivity index (χ0v) is 29.4. The Morgan fingerprint density at radius 2 is 0.900 bits per heavy atom. The molecule has 4 rings (SSSR count). The first-order valence-electron chi connectivity index (χ1n) is 15.5. The molecule has 0 nitrogen and oxygen atoms in total. The molecule has 0 aliphatic carbocycles. The molecular formula is C36H50S4. The minimum Gasteiger partial charge on any atom is -0.140 e. The lowest BCUT2D eigenvalue weighted by atomic mass is 9.93. The Hall–Kier alpha value is -1.20. The third-order valence-corrected chi connectivity index (χ3v) is 13.2. The number of thiophene rings is 4. The van der Waals surface area contributed by atoms with Crippen LogP contribution in [0.4, 0.5) is 0 Å². The molecule has 4 heterocycles. The summed E-state index contributed by atoms with van der Waals surface area (Å²) in [5.41, 5.74) is 3.16. The molecule has 0 bridgehead atoms. The lowest BCUT2D eigenvalue weighted by Crippen LogP contribution is -2.07. The predicted molar refractivity (Wildman–Crippen MR) is 187 cm³/mol. The normalized spacial score (nSPS) is 12.5. The molecule has 4 aromatic rings. The van der Waals surface area contributed by atoms with Crippen LogP contribution in [0.25, 0.3) is 30.6 Å². The van der Waals surface area contributed by atoms with E-state index in [1.807, 2.05) is 45.3 Å². The summed E-state index contributed by atoms with van der Waals surface area (Å²) in [6.07, 6.45) is 13.0. The number of hydrogen-bond acceptors (Lipinski definition) is 4. The van der Waals surface area contributed by atoms with Crippen molar-refractivity contribution in [2.24, 2.45) is 0 Å². The lowest BCUT2D eigenvalue weighted by molar-refractivity contribution is 0.604. The fourth-order valence-electron chi connectivity index (χ4n) is 4.99. The van der Waals surface area contributed by atoms with Crippen molar-refractivity contribution in [1.29, 1.82) is 0 Å². The second-order valence-electron chi connectivity index (χ2n) is 13.4. The van der Waals surface area contributed by atoms with Crippen LogP contribution in [-0.2, 0) is 23.7 Å². The average molecular weight is 611 g/mol. The smallest absolute Gasteiger partial charge is 0.0538 e. The molecule has 0 spiro atoms. The second kappa shape index (κ2) is 13.8. The highest BCUT2D eigenvalue weighted by molar-refractivity contribution is 7.24. The molecule has 4 heteroatoms. The van der Waals surface area contributed by atoms with Crippen molar-refractivity contribution >= 4 is 45.3 Å². The van der Waals surface area contributed by atoms with Crippen LogP contribution in [0.5, 0.6) is 0 Å². The maximum atomic E-state index is 2.51. The summed E-state index contributed by atoms with van der Waals surface area (Å²) in [4.78, 5) is 11.8. The van der Waals surface area contributed by atoms with Crippen molar-refractivity contribution < 1.29 is 0 Å². The van der Waals surface area contributed by atoms with Crippen molar-refractivity contribution in [3.05, 3.63) is 55.9 Å². The number of unbranched alkanes of at least 4 members (excludes halogenated alkanes) is 6. The van der Waals surface area contributed by atoms with Gasteiger partial charge in [0, 0.05) is 40.4 Å². The third-order valence-electron chi connectivity index (χ3n) is 7.56. The standard InChI is InChI=1S/C36H50S4/c1-9-11-13-15-17-25-19-21-29(37-25)27-23-31(35(3,4)5)39-33(27)34-28(24-32(40-34)36(6,7)8)30-22-20-26(38-30)18-16-14-12-10-2/h19-24H,9-18H2,1-8H3. The Kier molecular flexibility index (Phi) is 11.0. The lowest BCUT2D eigenvalue weighted by Gasteiger charge is -2.15. The van der Waals surface area contributed by atoms with Gasteiger partial charge in [-0.05, 0) is 72.9 Å². The first-order valence-corrected chi connectivity index (χ1v) is 18.7. The number of rotatable bonds is 13. The Morgan fingerprint density at radius 3 is 1.25 bits per heavy atom. The zero-order valence-electron chi connectivity index (χ0n) is 26.2. The summed E-state index contributed by atoms with van der Waals surface area (Å²) >= 11 is 8.10. The van der Waals surface area contributed by atoms with Crippen LogP contribution in [-0.4, -0.2) is 0 Å². The van der Waals surface area contributed by atoms with Crippen LogP contribution >= 0.6 is 45.3 Å². The molecule has 218 valence electrons. The average Bonchev–Trinajstić information content (AvgIpc) is 3.68. The van der Waals surface area contributed by atoms with Crippen LogP contribution in [0, 0.1) is 0 Å². The fraction of sp³-hybridized carbons (Fsp3) is 0.556. The molecule has 0 radical (unpaired) electrons. The maximum absolute atomic E-state index is 2.51. The monoisotopic (exact) mass is 610 g/mol. The van der Waals surface area contributed by atoms with E-state index >= 15 is 0 Å². The molecule has 0 amide bonds. The van der Waals surface area contributed by atoms with E-state index in [-0.39, 0.29) is 10.8 Å². The van der Waals surface area contributed by atoms with Crippen molar-refractivity contribution in [1.82, 2.24) is 0 Å². The highest BCUT2D eigenvalue weighted by atomic mass is 32.1. The Balaban J connectivity index is 1.75. The van der Waals surface area contributed by atoms with Crippen molar-refractivity contribution in [2.75, 3.05) is 0 Å². The maximum Gasteiger partial charge on any atom is 0.0538 e. The van der Waals surface area contributed by atoms with Crippen LogP contribution in [0.1, 0.15) is 126 Å². The molecule has 0 saturated heterocycles. The van der Waals surface area contributed by atoms with Crippen molar-refractivity contribution in [3.8, 4) is 30.6 Å². The summed E-state index contributed by atoms with van der Waals surface area (Å²) in [5.74, 6) is 0.